The van der Waals surface area contributed by atoms with Crippen molar-refractivity contribution in [2.24, 2.45) is 0 Å². The van der Waals surface area contributed by atoms with E-state index in [1.54, 1.807) is 21.3 Å². The molecule has 0 atom stereocenters. The fourth-order valence-electron chi connectivity index (χ4n) is 1.30. The van der Waals surface area contributed by atoms with Gasteiger partial charge in [0.05, 0.1) is 6.16 Å². The molecule has 0 bridgehead atoms. The van der Waals surface area contributed by atoms with Crippen molar-refractivity contribution in [3.05, 3.63) is 0 Å². The molecule has 0 aromatic heterocycles. The maximum Gasteiger partial charge on any atom is 0.500 e. The summed E-state index contributed by atoms with van der Waals surface area (Å²) in [6.45, 7) is 0. The van der Waals surface area contributed by atoms with Gasteiger partial charge in [-0.25, -0.2) is 0 Å². The molecular formula is C8H21O6PSi. The summed E-state index contributed by atoms with van der Waals surface area (Å²) in [6.07, 6.45) is 0.922. The first-order valence-corrected chi connectivity index (χ1v) is 8.53. The predicted octanol–water partition coefficient (Wildman–Crippen LogP) is 1.74. The van der Waals surface area contributed by atoms with Gasteiger partial charge in [0.25, 0.3) is 0 Å². The van der Waals surface area contributed by atoms with Crippen LogP contribution in [-0.4, -0.2) is 50.5 Å². The smallest absolute Gasteiger partial charge is 0.377 e. The summed E-state index contributed by atoms with van der Waals surface area (Å²) in [5.41, 5.74) is 0. The van der Waals surface area contributed by atoms with Gasteiger partial charge in [-0.05, 0) is 6.42 Å². The second kappa shape index (κ2) is 7.55. The first kappa shape index (κ1) is 16.2. The van der Waals surface area contributed by atoms with Crippen LogP contribution in [0, 0.1) is 0 Å². The van der Waals surface area contributed by atoms with E-state index in [-0.39, 0.29) is 0 Å². The molecule has 6 nitrogen and oxygen atoms in total. The highest BCUT2D eigenvalue weighted by molar-refractivity contribution is 7.53. The lowest BCUT2D eigenvalue weighted by atomic mass is 10.6. The monoisotopic (exact) mass is 272 g/mol. The molecule has 16 heavy (non-hydrogen) atoms. The molecule has 0 saturated heterocycles. The Labute approximate surface area is 98.1 Å². The van der Waals surface area contributed by atoms with Crippen LogP contribution < -0.4 is 0 Å². The van der Waals surface area contributed by atoms with Crippen LogP contribution in [0.1, 0.15) is 6.42 Å². The normalized spacial score (nSPS) is 13.1. The van der Waals surface area contributed by atoms with Crippen LogP contribution in [0.3, 0.4) is 0 Å². The van der Waals surface area contributed by atoms with Crippen LogP contribution in [0.25, 0.3) is 0 Å². The van der Waals surface area contributed by atoms with E-state index in [4.69, 9.17) is 22.3 Å². The summed E-state index contributed by atoms with van der Waals surface area (Å²) < 4.78 is 37.1. The van der Waals surface area contributed by atoms with Crippen molar-refractivity contribution in [1.82, 2.24) is 0 Å². The largest absolute Gasteiger partial charge is 0.500 e. The maximum atomic E-state index is 11.8. The Morgan fingerprint density at radius 3 is 1.69 bits per heavy atom. The first-order chi connectivity index (χ1) is 7.51. The minimum atomic E-state index is -2.94. The highest BCUT2D eigenvalue weighted by Gasteiger charge is 2.38. The third-order valence-corrected chi connectivity index (χ3v) is 7.21. The fraction of sp³-hybridized carbons (Fsp3) is 1.00. The average molecular weight is 272 g/mol. The molecule has 0 aliphatic heterocycles. The lowest BCUT2D eigenvalue weighted by molar-refractivity contribution is 0.123. The molecule has 0 aromatic carbocycles. The average Bonchev–Trinajstić information content (AvgIpc) is 2.35. The highest BCUT2D eigenvalue weighted by Crippen LogP contribution is 2.47. The van der Waals surface area contributed by atoms with E-state index in [2.05, 4.69) is 0 Å². The Kier molecular flexibility index (Phi) is 7.67. The van der Waals surface area contributed by atoms with Crippen LogP contribution >= 0.6 is 7.60 Å². The standard InChI is InChI=1S/C8H21O6PSi/c1-10-15(9,11-2)7-6-8-16(12-3,13-4)14-5/h6-8H2,1-5H3. The van der Waals surface area contributed by atoms with Gasteiger partial charge in [-0.3, -0.25) is 4.57 Å². The van der Waals surface area contributed by atoms with Crippen LogP contribution in [0.4, 0.5) is 0 Å². The molecule has 0 N–H and O–H groups in total. The quantitative estimate of drug-likeness (QED) is 0.470. The van der Waals surface area contributed by atoms with Gasteiger partial charge < -0.3 is 22.3 Å². The van der Waals surface area contributed by atoms with Gasteiger partial charge in [0.1, 0.15) is 0 Å². The van der Waals surface area contributed by atoms with Crippen LogP contribution in [-0.2, 0) is 26.9 Å². The van der Waals surface area contributed by atoms with Gasteiger partial charge in [0.2, 0.25) is 0 Å². The second-order valence-electron chi connectivity index (χ2n) is 3.10. The van der Waals surface area contributed by atoms with Crippen molar-refractivity contribution >= 4 is 16.4 Å². The number of hydrogen-bond acceptors (Lipinski definition) is 6. The van der Waals surface area contributed by atoms with Crippen LogP contribution in [0.2, 0.25) is 6.04 Å². The molecule has 0 rings (SSSR count). The molecule has 0 amide bonds. The topological polar surface area (TPSA) is 63.2 Å². The van der Waals surface area contributed by atoms with Crippen molar-refractivity contribution in [2.75, 3.05) is 41.7 Å². The van der Waals surface area contributed by atoms with E-state index in [9.17, 15) is 4.57 Å². The predicted molar refractivity (Wildman–Crippen MR) is 62.7 cm³/mol. The SMILES string of the molecule is CO[Si](CCCP(=O)(OC)OC)(OC)OC. The molecule has 0 unspecified atom stereocenters. The molecule has 0 aliphatic carbocycles. The molecule has 0 saturated carbocycles. The van der Waals surface area contributed by atoms with E-state index >= 15 is 0 Å². The van der Waals surface area contributed by atoms with E-state index in [0.717, 1.165) is 0 Å². The summed E-state index contributed by atoms with van der Waals surface area (Å²) in [4.78, 5) is 0. The van der Waals surface area contributed by atoms with Gasteiger partial charge in [0, 0.05) is 41.6 Å². The lowest BCUT2D eigenvalue weighted by Gasteiger charge is -2.24. The van der Waals surface area contributed by atoms with Crippen molar-refractivity contribution in [3.63, 3.8) is 0 Å². The van der Waals surface area contributed by atoms with E-state index in [0.29, 0.717) is 18.6 Å². The Balaban J connectivity index is 4.18. The zero-order chi connectivity index (χ0) is 12.7. The lowest BCUT2D eigenvalue weighted by Crippen LogP contribution is -2.42. The van der Waals surface area contributed by atoms with Gasteiger partial charge >= 0.3 is 16.4 Å². The summed E-state index contributed by atoms with van der Waals surface area (Å²) in [6, 6.07) is 0.577. The number of rotatable bonds is 9. The zero-order valence-electron chi connectivity index (χ0n) is 10.5. The summed E-state index contributed by atoms with van der Waals surface area (Å²) in [7, 11) is 1.87. The molecular weight excluding hydrogens is 251 g/mol. The summed E-state index contributed by atoms with van der Waals surface area (Å²) >= 11 is 0. The molecule has 98 valence electrons. The third kappa shape index (κ3) is 4.63. The zero-order valence-corrected chi connectivity index (χ0v) is 12.4. The van der Waals surface area contributed by atoms with Crippen molar-refractivity contribution < 1.29 is 26.9 Å². The Morgan fingerprint density at radius 2 is 1.38 bits per heavy atom. The highest BCUT2D eigenvalue weighted by atomic mass is 31.2. The van der Waals surface area contributed by atoms with Crippen molar-refractivity contribution in [1.29, 1.82) is 0 Å². The minimum Gasteiger partial charge on any atom is -0.377 e. The van der Waals surface area contributed by atoms with E-state index in [1.807, 2.05) is 0 Å². The number of hydrogen-bond donors (Lipinski definition) is 0. The van der Waals surface area contributed by atoms with Gasteiger partial charge in [-0.1, -0.05) is 0 Å². The Bertz CT molecular complexity index is 216. The molecule has 0 heterocycles. The molecule has 0 aromatic rings. The van der Waals surface area contributed by atoms with Gasteiger partial charge in [0.15, 0.2) is 0 Å². The van der Waals surface area contributed by atoms with Gasteiger partial charge in [-0.15, -0.1) is 0 Å². The molecule has 0 fully saturated rings. The summed E-state index contributed by atoms with van der Waals surface area (Å²) in [5.74, 6) is 0. The van der Waals surface area contributed by atoms with Crippen LogP contribution in [0.15, 0.2) is 0 Å². The molecule has 0 aliphatic rings. The van der Waals surface area contributed by atoms with Crippen LogP contribution in [0.5, 0.6) is 0 Å². The Hall–Kier alpha value is 0.247. The third-order valence-electron chi connectivity index (χ3n) is 2.40. The molecule has 0 radical (unpaired) electrons. The first-order valence-electron chi connectivity index (χ1n) is 4.87. The van der Waals surface area contributed by atoms with E-state index in [1.165, 1.54) is 14.2 Å². The Morgan fingerprint density at radius 1 is 0.938 bits per heavy atom. The maximum absolute atomic E-state index is 11.8. The van der Waals surface area contributed by atoms with Gasteiger partial charge in [-0.2, -0.15) is 0 Å². The van der Waals surface area contributed by atoms with Crippen molar-refractivity contribution in [3.8, 4) is 0 Å². The minimum absolute atomic E-state index is 0.324. The summed E-state index contributed by atoms with van der Waals surface area (Å²) in [5, 5.41) is 0. The molecule has 8 heteroatoms. The van der Waals surface area contributed by atoms with E-state index < -0.39 is 16.4 Å². The fourth-order valence-corrected chi connectivity index (χ4v) is 4.38. The molecule has 0 spiro atoms. The van der Waals surface area contributed by atoms with Crippen molar-refractivity contribution in [2.45, 2.75) is 12.5 Å². The second-order valence-corrected chi connectivity index (χ2v) is 8.59.